The molecule has 1 aliphatic heterocycles. The highest BCUT2D eigenvalue weighted by molar-refractivity contribution is 5.36. The largest absolute Gasteiger partial charge is 0.307 e. The number of nitrogens with zero attached hydrogens (tertiary/aromatic N) is 4. The third-order valence-electron chi connectivity index (χ3n) is 4.20. The van der Waals surface area contributed by atoms with E-state index in [1.54, 1.807) is 0 Å². The molecule has 1 fully saturated rings. The molecule has 0 bridgehead atoms. The summed E-state index contributed by atoms with van der Waals surface area (Å²) in [6.45, 7) is 6.65. The van der Waals surface area contributed by atoms with E-state index in [9.17, 15) is 0 Å². The highest BCUT2D eigenvalue weighted by atomic mass is 15.3. The fourth-order valence-corrected chi connectivity index (χ4v) is 2.92. The molecule has 1 unspecified atom stereocenters. The SMILES string of the molecule is CCN1CCCC(NCc2nnc3ccccn23)CC1. The van der Waals surface area contributed by atoms with Gasteiger partial charge in [0.1, 0.15) is 0 Å². The van der Waals surface area contributed by atoms with Crippen LogP contribution in [-0.2, 0) is 6.54 Å². The minimum Gasteiger partial charge on any atom is -0.307 e. The number of likely N-dealkylation sites (tertiary alicyclic amines) is 1. The van der Waals surface area contributed by atoms with Crippen LogP contribution in [0.1, 0.15) is 32.0 Å². The van der Waals surface area contributed by atoms with Crippen molar-refractivity contribution < 1.29 is 0 Å². The smallest absolute Gasteiger partial charge is 0.160 e. The monoisotopic (exact) mass is 273 g/mol. The van der Waals surface area contributed by atoms with Gasteiger partial charge in [0, 0.05) is 12.2 Å². The lowest BCUT2D eigenvalue weighted by molar-refractivity contribution is 0.297. The van der Waals surface area contributed by atoms with Gasteiger partial charge in [-0.1, -0.05) is 13.0 Å². The number of fused-ring (bicyclic) bond motifs is 1. The van der Waals surface area contributed by atoms with Crippen molar-refractivity contribution >= 4 is 5.65 Å². The summed E-state index contributed by atoms with van der Waals surface area (Å²) < 4.78 is 2.06. The molecule has 1 atom stereocenters. The van der Waals surface area contributed by atoms with Gasteiger partial charge in [0.25, 0.3) is 0 Å². The maximum absolute atomic E-state index is 4.27. The number of hydrogen-bond acceptors (Lipinski definition) is 4. The Morgan fingerprint density at radius 2 is 2.20 bits per heavy atom. The van der Waals surface area contributed by atoms with Crippen LogP contribution in [0.25, 0.3) is 5.65 Å². The second kappa shape index (κ2) is 6.33. The Kier molecular flexibility index (Phi) is 4.28. The van der Waals surface area contributed by atoms with Crippen LogP contribution < -0.4 is 5.32 Å². The summed E-state index contributed by atoms with van der Waals surface area (Å²) in [7, 11) is 0. The Morgan fingerprint density at radius 1 is 1.25 bits per heavy atom. The van der Waals surface area contributed by atoms with Crippen molar-refractivity contribution in [2.45, 2.75) is 38.8 Å². The van der Waals surface area contributed by atoms with E-state index in [0.29, 0.717) is 6.04 Å². The zero-order chi connectivity index (χ0) is 13.8. The molecule has 0 aliphatic carbocycles. The lowest BCUT2D eigenvalue weighted by Gasteiger charge is -2.18. The molecule has 108 valence electrons. The lowest BCUT2D eigenvalue weighted by Crippen LogP contribution is -2.31. The van der Waals surface area contributed by atoms with Crippen LogP contribution >= 0.6 is 0 Å². The van der Waals surface area contributed by atoms with Crippen molar-refractivity contribution in [1.82, 2.24) is 24.8 Å². The summed E-state index contributed by atoms with van der Waals surface area (Å²) in [4.78, 5) is 2.54. The molecular weight excluding hydrogens is 250 g/mol. The maximum atomic E-state index is 4.27. The first-order valence-corrected chi connectivity index (χ1v) is 7.61. The van der Waals surface area contributed by atoms with E-state index in [1.807, 2.05) is 24.4 Å². The van der Waals surface area contributed by atoms with Gasteiger partial charge in [0.15, 0.2) is 11.5 Å². The third kappa shape index (κ3) is 2.99. The Bertz CT molecular complexity index is 550. The average molecular weight is 273 g/mol. The molecular formula is C15H23N5. The minimum absolute atomic E-state index is 0.600. The molecule has 3 heterocycles. The number of nitrogens with one attached hydrogen (secondary N) is 1. The second-order valence-electron chi connectivity index (χ2n) is 5.49. The van der Waals surface area contributed by atoms with Gasteiger partial charge < -0.3 is 10.2 Å². The summed E-state index contributed by atoms with van der Waals surface area (Å²) in [5, 5.41) is 12.1. The van der Waals surface area contributed by atoms with E-state index in [-0.39, 0.29) is 0 Å². The Hall–Kier alpha value is -1.46. The topological polar surface area (TPSA) is 45.5 Å². The van der Waals surface area contributed by atoms with Crippen LogP contribution in [-0.4, -0.2) is 45.2 Å². The van der Waals surface area contributed by atoms with Crippen molar-refractivity contribution in [2.24, 2.45) is 0 Å². The Balaban J connectivity index is 1.59. The van der Waals surface area contributed by atoms with Crippen LogP contribution in [0.15, 0.2) is 24.4 Å². The molecule has 20 heavy (non-hydrogen) atoms. The fourth-order valence-electron chi connectivity index (χ4n) is 2.92. The Morgan fingerprint density at radius 3 is 3.10 bits per heavy atom. The van der Waals surface area contributed by atoms with Crippen molar-refractivity contribution in [1.29, 1.82) is 0 Å². The van der Waals surface area contributed by atoms with Crippen LogP contribution in [0.3, 0.4) is 0 Å². The van der Waals surface area contributed by atoms with Gasteiger partial charge in [0.2, 0.25) is 0 Å². The molecule has 3 rings (SSSR count). The molecule has 0 radical (unpaired) electrons. The summed E-state index contributed by atoms with van der Waals surface area (Å²) >= 11 is 0. The molecule has 2 aromatic heterocycles. The first kappa shape index (κ1) is 13.5. The quantitative estimate of drug-likeness (QED) is 0.921. The van der Waals surface area contributed by atoms with Gasteiger partial charge in [-0.05, 0) is 51.0 Å². The summed E-state index contributed by atoms with van der Waals surface area (Å²) in [6.07, 6.45) is 5.79. The lowest BCUT2D eigenvalue weighted by atomic mass is 10.1. The van der Waals surface area contributed by atoms with Gasteiger partial charge in [-0.3, -0.25) is 4.40 Å². The van der Waals surface area contributed by atoms with E-state index in [0.717, 1.165) is 18.0 Å². The van der Waals surface area contributed by atoms with Crippen LogP contribution in [0.4, 0.5) is 0 Å². The van der Waals surface area contributed by atoms with E-state index in [2.05, 4.69) is 31.7 Å². The first-order chi connectivity index (χ1) is 9.86. The first-order valence-electron chi connectivity index (χ1n) is 7.61. The highest BCUT2D eigenvalue weighted by Gasteiger charge is 2.16. The zero-order valence-corrected chi connectivity index (χ0v) is 12.1. The third-order valence-corrected chi connectivity index (χ3v) is 4.20. The maximum Gasteiger partial charge on any atom is 0.160 e. The molecule has 0 aromatic carbocycles. The van der Waals surface area contributed by atoms with Crippen LogP contribution in [0.2, 0.25) is 0 Å². The van der Waals surface area contributed by atoms with E-state index in [1.165, 1.54) is 38.9 Å². The molecule has 0 spiro atoms. The molecule has 1 N–H and O–H groups in total. The highest BCUT2D eigenvalue weighted by Crippen LogP contribution is 2.11. The molecule has 5 heteroatoms. The Labute approximate surface area is 120 Å². The molecule has 1 saturated heterocycles. The normalized spacial score (nSPS) is 21.1. The second-order valence-corrected chi connectivity index (χ2v) is 5.49. The van der Waals surface area contributed by atoms with Gasteiger partial charge in [-0.25, -0.2) is 0 Å². The van der Waals surface area contributed by atoms with Crippen molar-refractivity contribution in [3.05, 3.63) is 30.2 Å². The number of aromatic nitrogens is 3. The van der Waals surface area contributed by atoms with Crippen molar-refractivity contribution in [3.63, 3.8) is 0 Å². The number of rotatable bonds is 4. The predicted octanol–water partition coefficient (Wildman–Crippen LogP) is 1.69. The van der Waals surface area contributed by atoms with Crippen LogP contribution in [0, 0.1) is 0 Å². The zero-order valence-electron chi connectivity index (χ0n) is 12.1. The predicted molar refractivity (Wildman–Crippen MR) is 79.6 cm³/mol. The molecule has 5 nitrogen and oxygen atoms in total. The van der Waals surface area contributed by atoms with Gasteiger partial charge in [-0.15, -0.1) is 10.2 Å². The van der Waals surface area contributed by atoms with Gasteiger partial charge in [0.05, 0.1) is 6.54 Å². The molecule has 2 aromatic rings. The van der Waals surface area contributed by atoms with Crippen LogP contribution in [0.5, 0.6) is 0 Å². The molecule has 0 amide bonds. The summed E-state index contributed by atoms with van der Waals surface area (Å²) in [5.41, 5.74) is 0.919. The van der Waals surface area contributed by atoms with Crippen molar-refractivity contribution in [3.8, 4) is 0 Å². The molecule has 0 saturated carbocycles. The number of hydrogen-bond donors (Lipinski definition) is 1. The fraction of sp³-hybridized carbons (Fsp3) is 0.600. The standard InChI is InChI=1S/C15H23N5/c1-2-19-9-5-6-13(8-11-19)16-12-15-18-17-14-7-3-4-10-20(14)15/h3-4,7,10,13,16H,2,5-6,8-9,11-12H2,1H3. The molecule has 1 aliphatic rings. The number of pyridine rings is 1. The summed E-state index contributed by atoms with van der Waals surface area (Å²) in [5.74, 6) is 0.997. The van der Waals surface area contributed by atoms with Gasteiger partial charge >= 0.3 is 0 Å². The minimum atomic E-state index is 0.600. The van der Waals surface area contributed by atoms with E-state index in [4.69, 9.17) is 0 Å². The van der Waals surface area contributed by atoms with E-state index < -0.39 is 0 Å². The van der Waals surface area contributed by atoms with Crippen molar-refractivity contribution in [2.75, 3.05) is 19.6 Å². The van der Waals surface area contributed by atoms with Gasteiger partial charge in [-0.2, -0.15) is 0 Å². The van der Waals surface area contributed by atoms with E-state index >= 15 is 0 Å². The summed E-state index contributed by atoms with van der Waals surface area (Å²) in [6, 6.07) is 6.60. The average Bonchev–Trinajstić information content (AvgIpc) is 2.76.